The van der Waals surface area contributed by atoms with E-state index in [4.69, 9.17) is 5.73 Å². The smallest absolute Gasteiger partial charge is 0.272 e. The molecule has 1 atom stereocenters. The van der Waals surface area contributed by atoms with Crippen molar-refractivity contribution in [2.75, 3.05) is 0 Å². The number of primary amides is 1. The minimum Gasteiger partial charge on any atom is -0.368 e. The lowest BCUT2D eigenvalue weighted by atomic mass is 10.1. The predicted molar refractivity (Wildman–Crippen MR) is 93.8 cm³/mol. The Kier molecular flexibility index (Phi) is 4.49. The van der Waals surface area contributed by atoms with Crippen LogP contribution in [0.5, 0.6) is 0 Å². The van der Waals surface area contributed by atoms with Gasteiger partial charge in [0.1, 0.15) is 9.95 Å². The van der Waals surface area contributed by atoms with Gasteiger partial charge in [0.2, 0.25) is 5.91 Å². The van der Waals surface area contributed by atoms with Crippen LogP contribution in [0.4, 0.5) is 0 Å². The number of thiophene rings is 1. The predicted octanol–water partition coefficient (Wildman–Crippen LogP) is 2.80. The molecule has 0 saturated heterocycles. The monoisotopic (exact) mass is 345 g/mol. The first-order chi connectivity index (χ1) is 11.1. The molecule has 5 nitrogen and oxygen atoms in total. The lowest BCUT2D eigenvalue weighted by Crippen LogP contribution is -2.24. The number of rotatable bonds is 5. The van der Waals surface area contributed by atoms with Crippen molar-refractivity contribution in [3.8, 4) is 0 Å². The average molecular weight is 345 g/mol. The first kappa shape index (κ1) is 15.8. The highest BCUT2D eigenvalue weighted by Gasteiger charge is 2.22. The van der Waals surface area contributed by atoms with Gasteiger partial charge in [0.25, 0.3) is 5.56 Å². The second kappa shape index (κ2) is 6.55. The van der Waals surface area contributed by atoms with Crippen molar-refractivity contribution in [2.24, 2.45) is 5.73 Å². The van der Waals surface area contributed by atoms with Crippen molar-refractivity contribution in [2.45, 2.75) is 23.9 Å². The van der Waals surface area contributed by atoms with Gasteiger partial charge in [-0.15, -0.1) is 11.3 Å². The van der Waals surface area contributed by atoms with Crippen molar-refractivity contribution < 1.29 is 4.79 Å². The Morgan fingerprint density at radius 3 is 2.74 bits per heavy atom. The molecule has 2 heterocycles. The number of thioether (sulfide) groups is 1. The molecule has 3 rings (SSSR count). The van der Waals surface area contributed by atoms with Gasteiger partial charge in [-0.2, -0.15) is 0 Å². The molecule has 23 heavy (non-hydrogen) atoms. The minimum absolute atomic E-state index is 0.0775. The molecule has 0 aliphatic carbocycles. The van der Waals surface area contributed by atoms with E-state index in [0.29, 0.717) is 21.9 Å². The van der Waals surface area contributed by atoms with E-state index in [1.807, 2.05) is 48.7 Å². The zero-order valence-corrected chi connectivity index (χ0v) is 14.1. The maximum atomic E-state index is 12.5. The van der Waals surface area contributed by atoms with Gasteiger partial charge < -0.3 is 5.73 Å². The Labute approximate surface area is 141 Å². The summed E-state index contributed by atoms with van der Waals surface area (Å²) in [5.74, 6) is -0.455. The van der Waals surface area contributed by atoms with Crippen LogP contribution in [0.25, 0.3) is 10.2 Å². The molecule has 1 aromatic carbocycles. The minimum atomic E-state index is -0.586. The number of benzene rings is 1. The van der Waals surface area contributed by atoms with Crippen molar-refractivity contribution in [3.05, 3.63) is 57.7 Å². The van der Waals surface area contributed by atoms with Gasteiger partial charge in [-0.05, 0) is 23.9 Å². The summed E-state index contributed by atoms with van der Waals surface area (Å²) in [4.78, 5) is 29.0. The molecule has 7 heteroatoms. The first-order valence-electron chi connectivity index (χ1n) is 7.10. The van der Waals surface area contributed by atoms with Crippen molar-refractivity contribution in [1.29, 1.82) is 0 Å². The van der Waals surface area contributed by atoms with E-state index in [0.717, 1.165) is 5.56 Å². The van der Waals surface area contributed by atoms with Gasteiger partial charge in [-0.1, -0.05) is 42.1 Å². The fourth-order valence-electron chi connectivity index (χ4n) is 2.32. The zero-order valence-electron chi connectivity index (χ0n) is 12.4. The van der Waals surface area contributed by atoms with Crippen molar-refractivity contribution in [1.82, 2.24) is 9.55 Å². The summed E-state index contributed by atoms with van der Waals surface area (Å²) in [5.41, 5.74) is 6.94. The summed E-state index contributed by atoms with van der Waals surface area (Å²) in [6.45, 7) is 2.37. The quantitative estimate of drug-likeness (QED) is 0.570. The van der Waals surface area contributed by atoms with Crippen LogP contribution in [-0.4, -0.2) is 15.5 Å². The van der Waals surface area contributed by atoms with Crippen LogP contribution in [0.3, 0.4) is 0 Å². The maximum Gasteiger partial charge on any atom is 0.272 e. The number of carbonyl (C=O) groups is 1. The van der Waals surface area contributed by atoms with Crippen molar-refractivity contribution >= 4 is 39.2 Å². The van der Waals surface area contributed by atoms with Crippen molar-refractivity contribution in [3.63, 3.8) is 0 Å². The van der Waals surface area contributed by atoms with Crippen LogP contribution in [0.15, 0.2) is 51.7 Å². The number of hydrogen-bond acceptors (Lipinski definition) is 5. The molecule has 0 unspecified atom stereocenters. The summed E-state index contributed by atoms with van der Waals surface area (Å²) in [6.07, 6.45) is 0. The Hall–Kier alpha value is -2.12. The van der Waals surface area contributed by atoms with E-state index in [2.05, 4.69) is 4.98 Å². The standard InChI is InChI=1S/C16H15N3O2S2/c1-2-19-15(21)13-11(8-9-22-13)18-16(19)23-12(14(17)20)10-6-4-3-5-7-10/h3-9,12H,2H2,1H3,(H2,17,20)/t12-/m1/s1. The molecular weight excluding hydrogens is 330 g/mol. The van der Waals surface area contributed by atoms with E-state index in [1.54, 1.807) is 4.57 Å². The molecule has 0 bridgehead atoms. The van der Waals surface area contributed by atoms with E-state index < -0.39 is 11.2 Å². The number of nitrogens with two attached hydrogens (primary N) is 1. The van der Waals surface area contributed by atoms with E-state index in [9.17, 15) is 9.59 Å². The Morgan fingerprint density at radius 2 is 2.09 bits per heavy atom. The van der Waals surface area contributed by atoms with Crippen LogP contribution in [0, 0.1) is 0 Å². The summed E-state index contributed by atoms with van der Waals surface area (Å²) in [6, 6.07) is 11.1. The highest BCUT2D eigenvalue weighted by molar-refractivity contribution is 8.00. The van der Waals surface area contributed by atoms with Gasteiger partial charge in [0.05, 0.1) is 5.52 Å². The Morgan fingerprint density at radius 1 is 1.35 bits per heavy atom. The molecule has 3 aromatic rings. The molecule has 2 N–H and O–H groups in total. The molecule has 0 radical (unpaired) electrons. The number of hydrogen-bond donors (Lipinski definition) is 1. The number of fused-ring (bicyclic) bond motifs is 1. The number of carbonyl (C=O) groups excluding carboxylic acids is 1. The van der Waals surface area contributed by atoms with Gasteiger partial charge in [0.15, 0.2) is 5.16 Å². The van der Waals surface area contributed by atoms with Gasteiger partial charge in [-0.25, -0.2) is 4.98 Å². The highest BCUT2D eigenvalue weighted by Crippen LogP contribution is 2.34. The molecule has 0 aliphatic rings. The van der Waals surface area contributed by atoms with Gasteiger partial charge >= 0.3 is 0 Å². The third-order valence-corrected chi connectivity index (χ3v) is 5.59. The molecule has 2 aromatic heterocycles. The number of amides is 1. The maximum absolute atomic E-state index is 12.5. The van der Waals surface area contributed by atoms with Crippen LogP contribution in [0.1, 0.15) is 17.7 Å². The second-order valence-electron chi connectivity index (χ2n) is 4.89. The van der Waals surface area contributed by atoms with Crippen LogP contribution in [-0.2, 0) is 11.3 Å². The van der Waals surface area contributed by atoms with Crippen LogP contribution >= 0.6 is 23.1 Å². The molecule has 0 fully saturated rings. The van der Waals surface area contributed by atoms with Crippen LogP contribution < -0.4 is 11.3 Å². The Balaban J connectivity index is 2.08. The topological polar surface area (TPSA) is 78.0 Å². The third-order valence-electron chi connectivity index (χ3n) is 3.43. The number of aromatic nitrogens is 2. The SMILES string of the molecule is CCn1c(S[C@@H](C(N)=O)c2ccccc2)nc2ccsc2c1=O. The highest BCUT2D eigenvalue weighted by atomic mass is 32.2. The fraction of sp³-hybridized carbons (Fsp3) is 0.188. The van der Waals surface area contributed by atoms with Gasteiger partial charge in [0, 0.05) is 6.54 Å². The average Bonchev–Trinajstić information content (AvgIpc) is 3.02. The van der Waals surface area contributed by atoms with E-state index in [-0.39, 0.29) is 5.56 Å². The Bertz CT molecular complexity index is 903. The molecule has 0 saturated carbocycles. The summed E-state index contributed by atoms with van der Waals surface area (Å²) < 4.78 is 2.22. The summed E-state index contributed by atoms with van der Waals surface area (Å²) in [7, 11) is 0. The first-order valence-corrected chi connectivity index (χ1v) is 8.86. The molecule has 0 spiro atoms. The lowest BCUT2D eigenvalue weighted by Gasteiger charge is -2.16. The van der Waals surface area contributed by atoms with E-state index in [1.165, 1.54) is 23.1 Å². The van der Waals surface area contributed by atoms with Crippen LogP contribution in [0.2, 0.25) is 0 Å². The molecular formula is C16H15N3O2S2. The normalized spacial score (nSPS) is 12.4. The molecule has 118 valence electrons. The summed E-state index contributed by atoms with van der Waals surface area (Å²) >= 11 is 2.59. The summed E-state index contributed by atoms with van der Waals surface area (Å²) in [5, 5.41) is 1.77. The zero-order chi connectivity index (χ0) is 16.4. The lowest BCUT2D eigenvalue weighted by molar-refractivity contribution is -0.117. The second-order valence-corrected chi connectivity index (χ2v) is 6.88. The van der Waals surface area contributed by atoms with Gasteiger partial charge in [-0.3, -0.25) is 14.2 Å². The van der Waals surface area contributed by atoms with E-state index >= 15 is 0 Å². The number of nitrogens with zero attached hydrogens (tertiary/aromatic N) is 2. The largest absolute Gasteiger partial charge is 0.368 e. The fourth-order valence-corrected chi connectivity index (χ4v) is 4.20. The molecule has 1 amide bonds. The third kappa shape index (κ3) is 3.02. The molecule has 0 aliphatic heterocycles.